The molecule has 2 heterocycles. The number of aromatic nitrogens is 2. The van der Waals surface area contributed by atoms with Gasteiger partial charge in [0.2, 0.25) is 6.79 Å². The van der Waals surface area contributed by atoms with Crippen molar-refractivity contribution in [2.45, 2.75) is 0 Å². The van der Waals surface area contributed by atoms with Crippen LogP contribution in [0.15, 0.2) is 41.2 Å². The van der Waals surface area contributed by atoms with E-state index >= 15 is 0 Å². The summed E-state index contributed by atoms with van der Waals surface area (Å²) in [5.41, 5.74) is 0.0468. The van der Waals surface area contributed by atoms with Gasteiger partial charge in [-0.25, -0.2) is 4.98 Å². The maximum absolute atomic E-state index is 12.2. The van der Waals surface area contributed by atoms with Crippen molar-refractivity contribution in [2.75, 3.05) is 6.79 Å². The predicted molar refractivity (Wildman–Crippen MR) is 80.6 cm³/mol. The monoisotopic (exact) mass is 311 g/mol. The molecule has 0 bridgehead atoms. The van der Waals surface area contributed by atoms with Crippen LogP contribution in [-0.2, 0) is 0 Å². The van der Waals surface area contributed by atoms with Crippen LogP contribution >= 0.6 is 0 Å². The number of nitro groups is 1. The number of hydrogen-bond donors (Lipinski definition) is 1. The fraction of sp³-hybridized carbons (Fsp3) is 0.0667. The highest BCUT2D eigenvalue weighted by atomic mass is 16.7. The van der Waals surface area contributed by atoms with Crippen LogP contribution < -0.4 is 15.0 Å². The molecule has 0 radical (unpaired) electrons. The first-order chi connectivity index (χ1) is 11.1. The van der Waals surface area contributed by atoms with Crippen LogP contribution in [0.25, 0.3) is 22.3 Å². The van der Waals surface area contributed by atoms with E-state index in [2.05, 4.69) is 9.97 Å². The van der Waals surface area contributed by atoms with Gasteiger partial charge in [0.1, 0.15) is 5.82 Å². The second kappa shape index (κ2) is 4.80. The highest BCUT2D eigenvalue weighted by molar-refractivity contribution is 5.81. The van der Waals surface area contributed by atoms with Gasteiger partial charge in [-0.05, 0) is 12.1 Å². The van der Waals surface area contributed by atoms with Gasteiger partial charge in [0.15, 0.2) is 11.5 Å². The number of fused-ring (bicyclic) bond motifs is 2. The molecule has 0 unspecified atom stereocenters. The Kier molecular flexibility index (Phi) is 2.77. The number of nitrogens with one attached hydrogen (secondary N) is 1. The lowest BCUT2D eigenvalue weighted by molar-refractivity contribution is -0.384. The lowest BCUT2D eigenvalue weighted by Crippen LogP contribution is -2.10. The van der Waals surface area contributed by atoms with Crippen LogP contribution in [0.5, 0.6) is 11.5 Å². The molecule has 8 nitrogen and oxygen atoms in total. The van der Waals surface area contributed by atoms with Gasteiger partial charge in [-0.2, -0.15) is 0 Å². The second-order valence-corrected chi connectivity index (χ2v) is 4.91. The first kappa shape index (κ1) is 13.3. The number of ether oxygens (including phenoxy) is 2. The van der Waals surface area contributed by atoms with E-state index in [1.807, 2.05) is 0 Å². The van der Waals surface area contributed by atoms with Crippen LogP contribution in [0.1, 0.15) is 0 Å². The lowest BCUT2D eigenvalue weighted by Gasteiger charge is -2.05. The molecule has 114 valence electrons. The van der Waals surface area contributed by atoms with Crippen molar-refractivity contribution in [3.63, 3.8) is 0 Å². The summed E-state index contributed by atoms with van der Waals surface area (Å²) >= 11 is 0. The number of aromatic amines is 1. The summed E-state index contributed by atoms with van der Waals surface area (Å²) in [6, 6.07) is 9.50. The SMILES string of the molecule is O=c1[nH]c(-c2cc3c(cc2[N+](=O)[O-])OCO3)nc2ccccc12. The smallest absolute Gasteiger partial charge is 0.284 e. The first-order valence-corrected chi connectivity index (χ1v) is 6.71. The minimum atomic E-state index is -0.549. The quantitative estimate of drug-likeness (QED) is 0.574. The molecular weight excluding hydrogens is 302 g/mol. The molecule has 8 heteroatoms. The number of H-pyrrole nitrogens is 1. The van der Waals surface area contributed by atoms with Gasteiger partial charge in [0, 0.05) is 6.07 Å². The maximum Gasteiger partial charge on any atom is 0.284 e. The maximum atomic E-state index is 12.2. The van der Waals surface area contributed by atoms with Crippen LogP contribution in [0, 0.1) is 10.1 Å². The third-order valence-electron chi connectivity index (χ3n) is 3.56. The van der Waals surface area contributed by atoms with Crippen LogP contribution in [-0.4, -0.2) is 21.7 Å². The summed E-state index contributed by atoms with van der Waals surface area (Å²) < 4.78 is 10.4. The lowest BCUT2D eigenvalue weighted by atomic mass is 10.1. The summed E-state index contributed by atoms with van der Waals surface area (Å²) in [4.78, 5) is 29.9. The van der Waals surface area contributed by atoms with Crippen molar-refractivity contribution in [3.05, 3.63) is 56.9 Å². The molecule has 0 fully saturated rings. The van der Waals surface area contributed by atoms with Gasteiger partial charge < -0.3 is 14.5 Å². The molecule has 4 rings (SSSR count). The molecule has 0 saturated carbocycles. The number of rotatable bonds is 2. The Morgan fingerprint density at radius 1 is 1.17 bits per heavy atom. The molecule has 0 aliphatic carbocycles. The van der Waals surface area contributed by atoms with Crippen LogP contribution in [0.2, 0.25) is 0 Å². The summed E-state index contributed by atoms with van der Waals surface area (Å²) in [5, 5.41) is 11.7. The average Bonchev–Trinajstić information content (AvgIpc) is 3.01. The topological polar surface area (TPSA) is 107 Å². The number of benzene rings is 2. The van der Waals surface area contributed by atoms with E-state index in [1.54, 1.807) is 24.3 Å². The summed E-state index contributed by atoms with van der Waals surface area (Å²) in [5.74, 6) is 0.781. The molecule has 1 aliphatic heterocycles. The number of nitrogens with zero attached hydrogens (tertiary/aromatic N) is 2. The zero-order chi connectivity index (χ0) is 16.0. The third-order valence-corrected chi connectivity index (χ3v) is 3.56. The van der Waals surface area contributed by atoms with Crippen molar-refractivity contribution in [3.8, 4) is 22.9 Å². The molecule has 23 heavy (non-hydrogen) atoms. The molecule has 0 spiro atoms. The largest absolute Gasteiger partial charge is 0.454 e. The highest BCUT2D eigenvalue weighted by Crippen LogP contribution is 2.41. The van der Waals surface area contributed by atoms with E-state index in [0.29, 0.717) is 22.4 Å². The van der Waals surface area contributed by atoms with Crippen molar-refractivity contribution in [1.82, 2.24) is 9.97 Å². The van der Waals surface area contributed by atoms with E-state index in [9.17, 15) is 14.9 Å². The van der Waals surface area contributed by atoms with Gasteiger partial charge >= 0.3 is 0 Å². The summed E-state index contributed by atoms with van der Waals surface area (Å²) in [7, 11) is 0. The minimum absolute atomic E-state index is 0.00237. The van der Waals surface area contributed by atoms with E-state index < -0.39 is 4.92 Å². The van der Waals surface area contributed by atoms with Crippen molar-refractivity contribution in [1.29, 1.82) is 0 Å². The standard InChI is InChI=1S/C15H9N3O5/c19-15-8-3-1-2-4-10(8)16-14(17-15)9-5-12-13(23-7-22-12)6-11(9)18(20)21/h1-6H,7H2,(H,16,17,19). The molecule has 1 N–H and O–H groups in total. The fourth-order valence-electron chi connectivity index (χ4n) is 2.49. The zero-order valence-electron chi connectivity index (χ0n) is 11.6. The van der Waals surface area contributed by atoms with E-state index in [4.69, 9.17) is 9.47 Å². The molecular formula is C15H9N3O5. The Bertz CT molecular complexity index is 1010. The third kappa shape index (κ3) is 2.08. The summed E-state index contributed by atoms with van der Waals surface area (Å²) in [6.07, 6.45) is 0. The van der Waals surface area contributed by atoms with Gasteiger partial charge in [-0.1, -0.05) is 12.1 Å². The Morgan fingerprint density at radius 3 is 2.70 bits per heavy atom. The first-order valence-electron chi connectivity index (χ1n) is 6.71. The Morgan fingerprint density at radius 2 is 1.91 bits per heavy atom. The van der Waals surface area contributed by atoms with Gasteiger partial charge in [-0.3, -0.25) is 14.9 Å². The van der Waals surface area contributed by atoms with Gasteiger partial charge in [0.05, 0.1) is 27.5 Å². The Balaban J connectivity index is 2.00. The van der Waals surface area contributed by atoms with E-state index in [0.717, 1.165) is 0 Å². The van der Waals surface area contributed by atoms with Crippen molar-refractivity contribution >= 4 is 16.6 Å². The minimum Gasteiger partial charge on any atom is -0.454 e. The van der Waals surface area contributed by atoms with Gasteiger partial charge in [-0.15, -0.1) is 0 Å². The van der Waals surface area contributed by atoms with E-state index in [-0.39, 0.29) is 29.4 Å². The molecule has 0 saturated heterocycles. The highest BCUT2D eigenvalue weighted by Gasteiger charge is 2.25. The zero-order valence-corrected chi connectivity index (χ0v) is 11.6. The molecule has 0 atom stereocenters. The van der Waals surface area contributed by atoms with Crippen LogP contribution in [0.4, 0.5) is 5.69 Å². The van der Waals surface area contributed by atoms with Gasteiger partial charge in [0.25, 0.3) is 11.2 Å². The van der Waals surface area contributed by atoms with Crippen LogP contribution in [0.3, 0.4) is 0 Å². The fourth-order valence-corrected chi connectivity index (χ4v) is 2.49. The van der Waals surface area contributed by atoms with Crippen molar-refractivity contribution < 1.29 is 14.4 Å². The average molecular weight is 311 g/mol. The second-order valence-electron chi connectivity index (χ2n) is 4.91. The number of para-hydroxylation sites is 1. The molecule has 1 aromatic heterocycles. The Labute approximate surface area is 128 Å². The normalized spacial score (nSPS) is 12.5. The molecule has 0 amide bonds. The molecule has 3 aromatic rings. The predicted octanol–water partition coefficient (Wildman–Crippen LogP) is 2.23. The number of nitro benzene ring substituents is 1. The van der Waals surface area contributed by atoms with Crippen molar-refractivity contribution in [2.24, 2.45) is 0 Å². The Hall–Kier alpha value is -3.42. The molecule has 2 aromatic carbocycles. The summed E-state index contributed by atoms with van der Waals surface area (Å²) in [6.45, 7) is -0.00237. The number of hydrogen-bond acceptors (Lipinski definition) is 6. The molecule has 1 aliphatic rings. The van der Waals surface area contributed by atoms with E-state index in [1.165, 1.54) is 12.1 Å².